The van der Waals surface area contributed by atoms with E-state index in [-0.39, 0.29) is 5.69 Å². The van der Waals surface area contributed by atoms with E-state index in [1.807, 2.05) is 19.1 Å². The van der Waals surface area contributed by atoms with Gasteiger partial charge in [-0.2, -0.15) is 18.3 Å². The maximum Gasteiger partial charge on any atom is 0.417 e. The molecule has 1 fully saturated rings. The molecule has 1 aliphatic rings. The molecule has 0 aliphatic carbocycles. The summed E-state index contributed by atoms with van der Waals surface area (Å²) in [7, 11) is 0. The number of hydrogen-bond donors (Lipinski definition) is 0. The van der Waals surface area contributed by atoms with Gasteiger partial charge in [0.25, 0.3) is 5.91 Å². The van der Waals surface area contributed by atoms with E-state index in [9.17, 15) is 22.8 Å². The van der Waals surface area contributed by atoms with Crippen LogP contribution in [0, 0.1) is 0 Å². The zero-order valence-electron chi connectivity index (χ0n) is 18.4. The third-order valence-corrected chi connectivity index (χ3v) is 5.61. The minimum atomic E-state index is -4.62. The van der Waals surface area contributed by atoms with Crippen molar-refractivity contribution in [3.63, 3.8) is 0 Å². The van der Waals surface area contributed by atoms with Crippen molar-refractivity contribution in [2.24, 2.45) is 0 Å². The predicted molar refractivity (Wildman–Crippen MR) is 121 cm³/mol. The molecule has 4 aromatic rings. The lowest BCUT2D eigenvalue weighted by molar-refractivity contribution is -0.137. The summed E-state index contributed by atoms with van der Waals surface area (Å²) in [6, 6.07) is 10.4. The summed E-state index contributed by atoms with van der Waals surface area (Å²) in [6.45, 7) is 1.51. The van der Waals surface area contributed by atoms with Crippen LogP contribution in [0.25, 0.3) is 5.52 Å². The highest BCUT2D eigenvalue weighted by atomic mass is 19.4. The molecule has 0 N–H and O–H groups in total. The third-order valence-electron chi connectivity index (χ3n) is 5.61. The molecule has 1 aliphatic heterocycles. The number of imide groups is 1. The first-order valence-electron chi connectivity index (χ1n) is 10.7. The number of alkyl halides is 3. The maximum absolute atomic E-state index is 13.1. The van der Waals surface area contributed by atoms with Crippen LogP contribution in [0.4, 0.5) is 29.3 Å². The maximum atomic E-state index is 13.1. The smallest absolute Gasteiger partial charge is 0.417 e. The molecule has 0 unspecified atom stereocenters. The Morgan fingerprint density at radius 2 is 1.86 bits per heavy atom. The average molecular weight is 481 g/mol. The minimum absolute atomic E-state index is 0.105. The molecule has 0 saturated carbocycles. The third kappa shape index (κ3) is 4.16. The number of aromatic nitrogens is 3. The number of amides is 3. The van der Waals surface area contributed by atoms with Gasteiger partial charge in [-0.3, -0.25) is 14.7 Å². The fourth-order valence-corrected chi connectivity index (χ4v) is 3.86. The van der Waals surface area contributed by atoms with Gasteiger partial charge >= 0.3 is 12.2 Å². The lowest BCUT2D eigenvalue weighted by Crippen LogP contribution is -2.33. The summed E-state index contributed by atoms with van der Waals surface area (Å²) >= 11 is 0. The number of ether oxygens (including phenoxy) is 1. The molecule has 35 heavy (non-hydrogen) atoms. The van der Waals surface area contributed by atoms with Gasteiger partial charge in [-0.25, -0.2) is 14.2 Å². The van der Waals surface area contributed by atoms with Crippen LogP contribution in [0.1, 0.15) is 18.1 Å². The summed E-state index contributed by atoms with van der Waals surface area (Å²) in [4.78, 5) is 31.2. The molecule has 178 valence electrons. The lowest BCUT2D eigenvalue weighted by atomic mass is 10.1. The highest BCUT2D eigenvalue weighted by Crippen LogP contribution is 2.35. The molecular weight excluding hydrogens is 463 g/mol. The van der Waals surface area contributed by atoms with Gasteiger partial charge in [-0.15, -0.1) is 0 Å². The van der Waals surface area contributed by atoms with Crippen LogP contribution in [-0.2, 0) is 17.4 Å². The quantitative estimate of drug-likeness (QED) is 0.372. The van der Waals surface area contributed by atoms with Crippen LogP contribution in [-0.4, -0.2) is 33.1 Å². The van der Waals surface area contributed by atoms with Gasteiger partial charge in [0, 0.05) is 24.7 Å². The molecule has 1 saturated heterocycles. The number of aryl methyl sites for hydroxylation is 1. The number of fused-ring (bicyclic) bond motifs is 1. The number of halogens is 3. The number of pyridine rings is 2. The van der Waals surface area contributed by atoms with Crippen molar-refractivity contribution in [3.05, 3.63) is 78.4 Å². The molecule has 3 amide bonds. The number of hydrogen-bond acceptors (Lipinski definition) is 5. The largest absolute Gasteiger partial charge is 0.457 e. The fraction of sp³-hybridized carbons (Fsp3) is 0.167. The summed E-state index contributed by atoms with van der Waals surface area (Å²) in [6.07, 6.45) is 1.16. The first-order valence-corrected chi connectivity index (χ1v) is 10.7. The Morgan fingerprint density at radius 1 is 1.03 bits per heavy atom. The number of urea groups is 1. The molecular formula is C24H18F3N5O3. The topological polar surface area (TPSA) is 80.0 Å². The summed E-state index contributed by atoms with van der Waals surface area (Å²) in [5.41, 5.74) is 0.798. The molecule has 0 spiro atoms. The molecule has 1 aromatic carbocycles. The van der Waals surface area contributed by atoms with Gasteiger partial charge in [0.15, 0.2) is 0 Å². The first-order chi connectivity index (χ1) is 16.7. The minimum Gasteiger partial charge on any atom is -0.457 e. The van der Waals surface area contributed by atoms with E-state index in [0.29, 0.717) is 29.8 Å². The number of benzene rings is 1. The highest BCUT2D eigenvalue weighted by Gasteiger charge is 2.39. The Morgan fingerprint density at radius 3 is 2.63 bits per heavy atom. The van der Waals surface area contributed by atoms with Gasteiger partial charge in [-0.05, 0) is 48.4 Å². The van der Waals surface area contributed by atoms with Gasteiger partial charge in [0.05, 0.1) is 28.7 Å². The van der Waals surface area contributed by atoms with Gasteiger partial charge < -0.3 is 4.74 Å². The summed E-state index contributed by atoms with van der Waals surface area (Å²) in [5, 5.41) is 4.14. The highest BCUT2D eigenvalue weighted by molar-refractivity contribution is 6.27. The molecule has 5 rings (SSSR count). The van der Waals surface area contributed by atoms with Crippen LogP contribution in [0.5, 0.6) is 11.5 Å². The Bertz CT molecular complexity index is 1450. The van der Waals surface area contributed by atoms with Crippen molar-refractivity contribution < 1.29 is 27.5 Å². The number of carbonyl (C=O) groups is 2. The van der Waals surface area contributed by atoms with Crippen molar-refractivity contribution in [1.82, 2.24) is 14.6 Å². The van der Waals surface area contributed by atoms with E-state index in [1.54, 1.807) is 41.2 Å². The van der Waals surface area contributed by atoms with E-state index in [1.165, 1.54) is 0 Å². The standard InChI is InChI=1S/C24H18F3N5O3/c1-2-15-9-18(3-4-21(15)35-20-6-8-31-17(11-20)5-7-29-31)32-22(33)14-30(23(32)34)19-10-16(12-28-13-19)24(25,26)27/h3-13H,2,14H2,1H3. The van der Waals surface area contributed by atoms with Gasteiger partial charge in [0.2, 0.25) is 0 Å². The summed E-state index contributed by atoms with van der Waals surface area (Å²) in [5.74, 6) is 0.587. The van der Waals surface area contributed by atoms with E-state index in [0.717, 1.165) is 33.1 Å². The lowest BCUT2D eigenvalue weighted by Gasteiger charge is -2.19. The van der Waals surface area contributed by atoms with Gasteiger partial charge in [-0.1, -0.05) is 6.92 Å². The van der Waals surface area contributed by atoms with Crippen molar-refractivity contribution >= 4 is 28.8 Å². The Balaban J connectivity index is 1.41. The number of nitrogens with zero attached hydrogens (tertiary/aromatic N) is 5. The molecule has 0 radical (unpaired) electrons. The van der Waals surface area contributed by atoms with Crippen LogP contribution < -0.4 is 14.5 Å². The molecule has 11 heteroatoms. The van der Waals surface area contributed by atoms with Crippen LogP contribution >= 0.6 is 0 Å². The second-order valence-electron chi connectivity index (χ2n) is 7.84. The Labute approximate surface area is 197 Å². The fourth-order valence-electron chi connectivity index (χ4n) is 3.86. The van der Waals surface area contributed by atoms with Crippen molar-refractivity contribution in [2.45, 2.75) is 19.5 Å². The first kappa shape index (κ1) is 22.4. The summed E-state index contributed by atoms with van der Waals surface area (Å²) < 4.78 is 46.9. The number of rotatable bonds is 5. The van der Waals surface area contributed by atoms with E-state index in [4.69, 9.17) is 4.74 Å². The Kier molecular flexibility index (Phi) is 5.39. The van der Waals surface area contributed by atoms with Crippen LogP contribution in [0.2, 0.25) is 0 Å². The van der Waals surface area contributed by atoms with Crippen LogP contribution in [0.3, 0.4) is 0 Å². The molecule has 0 bridgehead atoms. The second-order valence-corrected chi connectivity index (χ2v) is 7.84. The zero-order valence-corrected chi connectivity index (χ0v) is 18.4. The van der Waals surface area contributed by atoms with Crippen molar-refractivity contribution in [3.8, 4) is 11.5 Å². The van der Waals surface area contributed by atoms with Gasteiger partial charge in [0.1, 0.15) is 18.0 Å². The number of anilines is 2. The van der Waals surface area contributed by atoms with E-state index < -0.39 is 30.2 Å². The van der Waals surface area contributed by atoms with E-state index >= 15 is 0 Å². The Hall–Kier alpha value is -4.41. The molecule has 0 atom stereocenters. The van der Waals surface area contributed by atoms with E-state index in [2.05, 4.69) is 10.1 Å². The van der Waals surface area contributed by atoms with Crippen molar-refractivity contribution in [2.75, 3.05) is 16.3 Å². The zero-order chi connectivity index (χ0) is 24.7. The predicted octanol–water partition coefficient (Wildman–Crippen LogP) is 5.08. The second kappa shape index (κ2) is 8.42. The van der Waals surface area contributed by atoms with Crippen molar-refractivity contribution in [1.29, 1.82) is 0 Å². The molecule has 8 nitrogen and oxygen atoms in total. The SMILES string of the molecule is CCc1cc(N2C(=O)CN(c3cncc(C(F)(F)F)c3)C2=O)ccc1Oc1ccn2nccc2c1. The normalized spacial score (nSPS) is 14.3. The number of carbonyl (C=O) groups excluding carboxylic acids is 2. The molecule has 4 heterocycles. The monoisotopic (exact) mass is 481 g/mol. The van der Waals surface area contributed by atoms with Crippen LogP contribution in [0.15, 0.2) is 67.3 Å². The average Bonchev–Trinajstić information content (AvgIpc) is 3.42. The molecule has 3 aromatic heterocycles.